The lowest BCUT2D eigenvalue weighted by Gasteiger charge is -2.08. The van der Waals surface area contributed by atoms with E-state index < -0.39 is 5.97 Å². The van der Waals surface area contributed by atoms with Gasteiger partial charge in [0.1, 0.15) is 5.82 Å². The van der Waals surface area contributed by atoms with Gasteiger partial charge in [-0.3, -0.25) is 4.79 Å². The molecule has 0 radical (unpaired) electrons. The second kappa shape index (κ2) is 5.15. The van der Waals surface area contributed by atoms with Crippen LogP contribution in [-0.2, 0) is 4.79 Å². The Morgan fingerprint density at radius 2 is 2.28 bits per heavy atom. The lowest BCUT2D eigenvalue weighted by Crippen LogP contribution is -2.09. The number of carboxylic acids is 1. The van der Waals surface area contributed by atoms with E-state index >= 15 is 0 Å². The molecule has 5 heteroatoms. The average Bonchev–Trinajstić information content (AvgIpc) is 2.37. The van der Waals surface area contributed by atoms with Crippen LogP contribution in [0.4, 0.5) is 5.82 Å². The largest absolute Gasteiger partial charge is 0.481 e. The topological polar surface area (TPSA) is 86.0 Å². The number of aromatic nitrogens is 1. The normalized spacial score (nSPS) is 9.94. The molecule has 0 spiro atoms. The van der Waals surface area contributed by atoms with Crippen LogP contribution in [-0.4, -0.2) is 22.6 Å². The van der Waals surface area contributed by atoms with Crippen LogP contribution in [0.15, 0.2) is 30.5 Å². The number of hydrogen-bond donors (Lipinski definition) is 2. The van der Waals surface area contributed by atoms with Gasteiger partial charge >= 0.3 is 5.97 Å². The summed E-state index contributed by atoms with van der Waals surface area (Å²) in [4.78, 5) is 14.6. The Kier molecular flexibility index (Phi) is 3.39. The molecule has 5 nitrogen and oxygen atoms in total. The minimum atomic E-state index is -0.872. The summed E-state index contributed by atoms with van der Waals surface area (Å²) in [6, 6.07) is 9.34. The lowest BCUT2D eigenvalue weighted by atomic mass is 10.1. The van der Waals surface area contributed by atoms with E-state index in [0.29, 0.717) is 11.4 Å². The first-order valence-electron chi connectivity index (χ1n) is 5.46. The van der Waals surface area contributed by atoms with Crippen LogP contribution in [0.25, 0.3) is 10.8 Å². The van der Waals surface area contributed by atoms with Gasteiger partial charge in [0.25, 0.3) is 0 Å². The number of pyridine rings is 1. The first-order valence-corrected chi connectivity index (χ1v) is 5.46. The predicted octanol–water partition coefficient (Wildman–Crippen LogP) is 1.99. The summed E-state index contributed by atoms with van der Waals surface area (Å²) in [5.41, 5.74) is 0.526. The van der Waals surface area contributed by atoms with Gasteiger partial charge in [0, 0.05) is 18.1 Å². The fourth-order valence-corrected chi connectivity index (χ4v) is 1.75. The van der Waals surface area contributed by atoms with E-state index in [1.54, 1.807) is 12.3 Å². The molecule has 0 aliphatic rings. The number of hydrogen-bond acceptors (Lipinski definition) is 4. The highest BCUT2D eigenvalue weighted by atomic mass is 16.4. The quantitative estimate of drug-likeness (QED) is 0.854. The average molecular weight is 241 g/mol. The Balaban J connectivity index is 2.38. The maximum absolute atomic E-state index is 10.5. The van der Waals surface area contributed by atoms with E-state index in [9.17, 15) is 4.79 Å². The van der Waals surface area contributed by atoms with Crippen molar-refractivity contribution in [3.8, 4) is 6.07 Å². The van der Waals surface area contributed by atoms with Crippen molar-refractivity contribution >= 4 is 22.6 Å². The van der Waals surface area contributed by atoms with Crippen LogP contribution in [0.1, 0.15) is 12.0 Å². The van der Waals surface area contributed by atoms with Crippen LogP contribution in [0.3, 0.4) is 0 Å². The van der Waals surface area contributed by atoms with Crippen molar-refractivity contribution in [3.05, 3.63) is 36.0 Å². The van der Waals surface area contributed by atoms with Crippen molar-refractivity contribution in [2.75, 3.05) is 11.9 Å². The molecule has 0 unspecified atom stereocenters. The summed E-state index contributed by atoms with van der Waals surface area (Å²) >= 11 is 0. The lowest BCUT2D eigenvalue weighted by molar-refractivity contribution is -0.136. The van der Waals surface area contributed by atoms with Gasteiger partial charge in [-0.05, 0) is 17.5 Å². The minimum absolute atomic E-state index is 0.00673. The number of nitrogens with one attached hydrogen (secondary N) is 1. The van der Waals surface area contributed by atoms with Crippen LogP contribution >= 0.6 is 0 Å². The fraction of sp³-hybridized carbons (Fsp3) is 0.154. The van der Waals surface area contributed by atoms with Gasteiger partial charge in [0.2, 0.25) is 0 Å². The number of anilines is 1. The van der Waals surface area contributed by atoms with Gasteiger partial charge in [0.15, 0.2) is 0 Å². The summed E-state index contributed by atoms with van der Waals surface area (Å²) in [6.07, 6.45) is 1.64. The monoisotopic (exact) mass is 241 g/mol. The van der Waals surface area contributed by atoms with Gasteiger partial charge < -0.3 is 10.4 Å². The molecule has 1 aromatic carbocycles. The Hall–Kier alpha value is -2.61. The maximum atomic E-state index is 10.5. The molecule has 18 heavy (non-hydrogen) atoms. The van der Waals surface area contributed by atoms with Gasteiger partial charge in [-0.25, -0.2) is 4.98 Å². The van der Waals surface area contributed by atoms with Crippen molar-refractivity contribution < 1.29 is 9.90 Å². The van der Waals surface area contributed by atoms with Crippen molar-refractivity contribution in [2.24, 2.45) is 0 Å². The Morgan fingerprint density at radius 1 is 1.44 bits per heavy atom. The highest BCUT2D eigenvalue weighted by Crippen LogP contribution is 2.24. The second-order valence-electron chi connectivity index (χ2n) is 3.75. The summed E-state index contributed by atoms with van der Waals surface area (Å²) in [5.74, 6) is -0.325. The SMILES string of the molecule is N#Cc1cccc2ccnc(NCCC(=O)O)c12. The fourth-order valence-electron chi connectivity index (χ4n) is 1.75. The Morgan fingerprint density at radius 3 is 3.00 bits per heavy atom. The van der Waals surface area contributed by atoms with Crippen LogP contribution in [0, 0.1) is 11.3 Å². The van der Waals surface area contributed by atoms with Gasteiger partial charge in [-0.2, -0.15) is 5.26 Å². The van der Waals surface area contributed by atoms with Crippen molar-refractivity contribution in [1.29, 1.82) is 5.26 Å². The second-order valence-corrected chi connectivity index (χ2v) is 3.75. The number of carbonyl (C=O) groups is 1. The van der Waals surface area contributed by atoms with E-state index in [1.165, 1.54) is 0 Å². The smallest absolute Gasteiger partial charge is 0.305 e. The van der Waals surface area contributed by atoms with Crippen LogP contribution < -0.4 is 5.32 Å². The number of benzene rings is 1. The van der Waals surface area contributed by atoms with Gasteiger partial charge in [-0.15, -0.1) is 0 Å². The molecular weight excluding hydrogens is 230 g/mol. The number of aliphatic carboxylic acids is 1. The molecule has 0 atom stereocenters. The van der Waals surface area contributed by atoms with Crippen LogP contribution in [0.2, 0.25) is 0 Å². The van der Waals surface area contributed by atoms with E-state index in [2.05, 4.69) is 16.4 Å². The van der Waals surface area contributed by atoms with E-state index in [0.717, 1.165) is 10.8 Å². The third kappa shape index (κ3) is 2.38. The molecule has 0 aliphatic heterocycles. The summed E-state index contributed by atoms with van der Waals surface area (Å²) < 4.78 is 0. The summed E-state index contributed by atoms with van der Waals surface area (Å²) in [7, 11) is 0. The summed E-state index contributed by atoms with van der Waals surface area (Å²) in [5, 5.41) is 22.3. The molecule has 1 heterocycles. The van der Waals surface area contributed by atoms with Crippen molar-refractivity contribution in [1.82, 2.24) is 4.98 Å². The zero-order valence-corrected chi connectivity index (χ0v) is 9.55. The standard InChI is InChI=1S/C13H11N3O2/c14-8-10-3-1-2-9-4-6-15-13(12(9)10)16-7-5-11(17)18/h1-4,6H,5,7H2,(H,15,16)(H,17,18). The van der Waals surface area contributed by atoms with E-state index in [-0.39, 0.29) is 13.0 Å². The van der Waals surface area contributed by atoms with E-state index in [1.807, 2.05) is 18.2 Å². The molecule has 2 rings (SSSR count). The van der Waals surface area contributed by atoms with Crippen molar-refractivity contribution in [3.63, 3.8) is 0 Å². The maximum Gasteiger partial charge on any atom is 0.305 e. The molecule has 0 bridgehead atoms. The van der Waals surface area contributed by atoms with Gasteiger partial charge in [0.05, 0.1) is 18.1 Å². The highest BCUT2D eigenvalue weighted by Gasteiger charge is 2.07. The highest BCUT2D eigenvalue weighted by molar-refractivity contribution is 5.96. The van der Waals surface area contributed by atoms with E-state index in [4.69, 9.17) is 10.4 Å². The predicted molar refractivity (Wildman–Crippen MR) is 67.2 cm³/mol. The van der Waals surface area contributed by atoms with Gasteiger partial charge in [-0.1, -0.05) is 12.1 Å². The molecule has 90 valence electrons. The van der Waals surface area contributed by atoms with Crippen molar-refractivity contribution in [2.45, 2.75) is 6.42 Å². The number of carboxylic acid groups (broad SMARTS) is 1. The number of rotatable bonds is 4. The molecule has 2 N–H and O–H groups in total. The molecule has 0 saturated carbocycles. The third-order valence-electron chi connectivity index (χ3n) is 2.54. The molecule has 2 aromatic rings. The molecular formula is C13H11N3O2. The number of nitriles is 1. The number of fused-ring (bicyclic) bond motifs is 1. The number of nitrogens with zero attached hydrogens (tertiary/aromatic N) is 2. The zero-order valence-electron chi connectivity index (χ0n) is 9.55. The molecule has 0 saturated heterocycles. The Labute approximate surface area is 104 Å². The first-order chi connectivity index (χ1) is 8.72. The molecule has 1 aromatic heterocycles. The molecule has 0 fully saturated rings. The molecule has 0 aliphatic carbocycles. The Bertz CT molecular complexity index is 626. The minimum Gasteiger partial charge on any atom is -0.481 e. The third-order valence-corrected chi connectivity index (χ3v) is 2.54. The van der Waals surface area contributed by atoms with Crippen LogP contribution in [0.5, 0.6) is 0 Å². The zero-order chi connectivity index (χ0) is 13.0. The first kappa shape index (κ1) is 11.9. The summed E-state index contributed by atoms with van der Waals surface area (Å²) in [6.45, 7) is 0.279. The molecule has 0 amide bonds.